The van der Waals surface area contributed by atoms with Crippen molar-refractivity contribution in [2.75, 3.05) is 5.73 Å². The predicted molar refractivity (Wildman–Crippen MR) is 90.8 cm³/mol. The van der Waals surface area contributed by atoms with Crippen molar-refractivity contribution in [3.05, 3.63) is 85.1 Å². The summed E-state index contributed by atoms with van der Waals surface area (Å²) in [4.78, 5) is 14.9. The number of benzene rings is 2. The van der Waals surface area contributed by atoms with Crippen molar-refractivity contribution in [1.82, 2.24) is 0 Å². The molecular weight excluding hydrogens is 311 g/mol. The van der Waals surface area contributed by atoms with Crippen molar-refractivity contribution in [2.45, 2.75) is 0 Å². The van der Waals surface area contributed by atoms with E-state index in [1.165, 1.54) is 0 Å². The number of nitrogen functional groups attached to an aromatic ring is 1. The van der Waals surface area contributed by atoms with Gasteiger partial charge in [-0.2, -0.15) is 0 Å². The Labute approximate surface area is 135 Å². The largest absolute Gasteiger partial charge is 0.793 e. The maximum absolute atomic E-state index is 12.1. The second-order valence-electron chi connectivity index (χ2n) is 4.54. The van der Waals surface area contributed by atoms with E-state index < -0.39 is 7.37 Å². The standard InChI is InChI=1S/C12H11O2P.C5H6N2.H2O/c13-15(14,11-7-3-1-4-8-11)12-9-5-2-6-10-12;6-5-3-1-2-4-7-5;/h1-10H,(H,13,14);1-4H,(H2,6,7);1H2. The Kier molecular flexibility index (Phi) is 7.16. The second-order valence-corrected chi connectivity index (χ2v) is 6.68. The highest BCUT2D eigenvalue weighted by molar-refractivity contribution is 7.72. The van der Waals surface area contributed by atoms with Crippen LogP contribution in [0.3, 0.4) is 0 Å². The van der Waals surface area contributed by atoms with Crippen LogP contribution in [0.1, 0.15) is 0 Å². The molecule has 0 unspecified atom stereocenters. The average molecular weight is 330 g/mol. The van der Waals surface area contributed by atoms with E-state index in [1.54, 1.807) is 72.9 Å². The molecule has 120 valence electrons. The molecule has 5 N–H and O–H groups in total. The van der Waals surface area contributed by atoms with E-state index >= 15 is 0 Å². The van der Waals surface area contributed by atoms with E-state index in [2.05, 4.69) is 4.98 Å². The summed E-state index contributed by atoms with van der Waals surface area (Å²) in [5.41, 5.74) is 5.30. The Balaban J connectivity index is 0.000000280. The highest BCUT2D eigenvalue weighted by Gasteiger charge is 2.12. The molecule has 5 nitrogen and oxygen atoms in total. The van der Waals surface area contributed by atoms with Gasteiger partial charge in [-0.25, -0.2) is 4.98 Å². The highest BCUT2D eigenvalue weighted by Crippen LogP contribution is 2.32. The van der Waals surface area contributed by atoms with Crippen LogP contribution in [-0.4, -0.2) is 5.48 Å². The first kappa shape index (κ1) is 18.6. The molecule has 1 aromatic heterocycles. The molecule has 23 heavy (non-hydrogen) atoms. The van der Waals surface area contributed by atoms with Gasteiger partial charge in [0.25, 0.3) is 5.82 Å². The van der Waals surface area contributed by atoms with Crippen molar-refractivity contribution >= 4 is 23.8 Å². The van der Waals surface area contributed by atoms with Crippen molar-refractivity contribution in [2.24, 2.45) is 0 Å². The van der Waals surface area contributed by atoms with Gasteiger partial charge in [0.15, 0.2) is 0 Å². The lowest BCUT2D eigenvalue weighted by Crippen LogP contribution is -2.24. The zero-order valence-electron chi connectivity index (χ0n) is 12.4. The number of aromatic amines is 1. The summed E-state index contributed by atoms with van der Waals surface area (Å²) < 4.78 is 12.1. The van der Waals surface area contributed by atoms with Gasteiger partial charge in [0.1, 0.15) is 0 Å². The minimum absolute atomic E-state index is 0. The van der Waals surface area contributed by atoms with Crippen LogP contribution in [0.25, 0.3) is 0 Å². The third-order valence-corrected chi connectivity index (χ3v) is 4.88. The van der Waals surface area contributed by atoms with Crippen molar-refractivity contribution in [3.63, 3.8) is 0 Å². The summed E-state index contributed by atoms with van der Waals surface area (Å²) in [6.07, 6.45) is 1.79. The molecule has 0 saturated carbocycles. The summed E-state index contributed by atoms with van der Waals surface area (Å²) in [5, 5.41) is 0.715. The number of nitrogens with one attached hydrogen (secondary N) is 1. The van der Waals surface area contributed by atoms with E-state index in [0.717, 1.165) is 0 Å². The van der Waals surface area contributed by atoms with Crippen LogP contribution in [0.5, 0.6) is 0 Å². The number of aromatic nitrogens is 1. The molecule has 3 aromatic rings. The molecule has 0 aliphatic rings. The van der Waals surface area contributed by atoms with Gasteiger partial charge in [-0.15, -0.1) is 0 Å². The van der Waals surface area contributed by atoms with Gasteiger partial charge in [-0.1, -0.05) is 66.7 Å². The van der Waals surface area contributed by atoms with Crippen LogP contribution in [0.15, 0.2) is 85.1 Å². The maximum Gasteiger partial charge on any atom is 0.269 e. The van der Waals surface area contributed by atoms with Crippen LogP contribution in [-0.2, 0) is 4.57 Å². The second kappa shape index (κ2) is 8.86. The van der Waals surface area contributed by atoms with Crippen LogP contribution < -0.4 is 26.2 Å². The lowest BCUT2D eigenvalue weighted by atomic mass is 10.4. The Morgan fingerprint density at radius 1 is 0.783 bits per heavy atom. The fourth-order valence-electron chi connectivity index (χ4n) is 1.80. The quantitative estimate of drug-likeness (QED) is 0.692. The molecule has 2 aromatic carbocycles. The van der Waals surface area contributed by atoms with Gasteiger partial charge in [0, 0.05) is 16.7 Å². The van der Waals surface area contributed by atoms with Gasteiger partial charge >= 0.3 is 0 Å². The topological polar surface area (TPSA) is 112 Å². The summed E-state index contributed by atoms with van der Waals surface area (Å²) in [7, 11) is -3.65. The van der Waals surface area contributed by atoms with E-state index in [0.29, 0.717) is 16.4 Å². The summed E-state index contributed by atoms with van der Waals surface area (Å²) in [5.74, 6) is 0.697. The number of rotatable bonds is 2. The van der Waals surface area contributed by atoms with Gasteiger partial charge in [-0.05, 0) is 6.07 Å². The molecule has 6 heteroatoms. The molecule has 0 spiro atoms. The molecule has 3 rings (SSSR count). The van der Waals surface area contributed by atoms with Crippen LogP contribution >= 0.6 is 7.37 Å². The number of pyridine rings is 1. The van der Waals surface area contributed by atoms with Crippen LogP contribution in [0.4, 0.5) is 5.82 Å². The monoisotopic (exact) mass is 330 g/mol. The first-order valence-corrected chi connectivity index (χ1v) is 8.37. The lowest BCUT2D eigenvalue weighted by molar-refractivity contribution is -0.360. The zero-order chi connectivity index (χ0) is 15.8. The van der Waals surface area contributed by atoms with E-state index in [4.69, 9.17) is 5.73 Å². The Bertz CT molecular complexity index is 694. The van der Waals surface area contributed by atoms with Gasteiger partial charge in [0.05, 0.1) is 13.6 Å². The van der Waals surface area contributed by atoms with Crippen molar-refractivity contribution < 1.29 is 19.9 Å². The minimum Gasteiger partial charge on any atom is -0.793 e. The number of nitrogens with two attached hydrogens (primary N) is 1. The average Bonchev–Trinajstić information content (AvgIpc) is 2.58. The Morgan fingerprint density at radius 2 is 1.22 bits per heavy atom. The van der Waals surface area contributed by atoms with E-state index in [-0.39, 0.29) is 5.48 Å². The van der Waals surface area contributed by atoms with Gasteiger partial charge < -0.3 is 14.9 Å². The fraction of sp³-hybridized carbons (Fsp3) is 0. The Morgan fingerprint density at radius 3 is 1.52 bits per heavy atom. The number of hydrogen-bond donors (Lipinski definition) is 1. The number of hydrogen-bond acceptors (Lipinski definition) is 3. The first-order valence-electron chi connectivity index (χ1n) is 6.75. The highest BCUT2D eigenvalue weighted by atomic mass is 31.2. The molecule has 0 aliphatic carbocycles. The normalized spacial score (nSPS) is 9.96. The molecule has 0 amide bonds. The molecule has 0 aliphatic heterocycles. The molecule has 0 bridgehead atoms. The first-order chi connectivity index (χ1) is 10.6. The third-order valence-electron chi connectivity index (χ3n) is 2.93. The number of anilines is 1. The summed E-state index contributed by atoms with van der Waals surface area (Å²) in [6.45, 7) is 0. The Hall–Kier alpha value is -2.46. The predicted octanol–water partition coefficient (Wildman–Crippen LogP) is 0.534. The minimum atomic E-state index is -3.65. The molecule has 0 fully saturated rings. The van der Waals surface area contributed by atoms with Gasteiger partial charge in [0.2, 0.25) is 0 Å². The number of H-pyrrole nitrogens is 1. The molecule has 0 radical (unpaired) electrons. The van der Waals surface area contributed by atoms with E-state index in [1.807, 2.05) is 12.1 Å². The molecule has 1 heterocycles. The zero-order valence-corrected chi connectivity index (χ0v) is 13.3. The lowest BCUT2D eigenvalue weighted by Gasteiger charge is -2.23. The molecule has 0 saturated heterocycles. The van der Waals surface area contributed by atoms with Crippen LogP contribution in [0, 0.1) is 0 Å². The smallest absolute Gasteiger partial charge is 0.269 e. The summed E-state index contributed by atoms with van der Waals surface area (Å²) >= 11 is 0. The van der Waals surface area contributed by atoms with Crippen LogP contribution in [0.2, 0.25) is 0 Å². The van der Waals surface area contributed by atoms with Crippen molar-refractivity contribution in [1.29, 1.82) is 0 Å². The maximum atomic E-state index is 12.1. The summed E-state index contributed by atoms with van der Waals surface area (Å²) in [6, 6.07) is 22.5. The SMILES string of the molecule is Nc1cccc[nH+]1.O.O=P([O-])(c1ccccc1)c1ccccc1. The molecule has 0 atom stereocenters. The molecular formula is C17H19N2O3P. The van der Waals surface area contributed by atoms with Gasteiger partial charge in [-0.3, -0.25) is 5.73 Å². The third kappa shape index (κ3) is 5.34. The van der Waals surface area contributed by atoms with Crippen molar-refractivity contribution in [3.8, 4) is 0 Å². The van der Waals surface area contributed by atoms with E-state index in [9.17, 15) is 9.46 Å². The fourth-order valence-corrected chi connectivity index (χ4v) is 3.23.